The number of hydrogen-bond donors (Lipinski definition) is 2. The van der Waals surface area contributed by atoms with Crippen LogP contribution in [0.4, 0.5) is 0 Å². The molecule has 0 unspecified atom stereocenters. The SMILES string of the molecule is CCCCCCCCCCCC.CCCCCCCCCCCCCC.O=S(=O)(O)O.[H-].[Na+]. The molecule has 0 aromatic carbocycles. The maximum Gasteiger partial charge on any atom is 1.00 e. The van der Waals surface area contributed by atoms with Crippen LogP contribution >= 0.6 is 0 Å². The zero-order chi connectivity index (χ0) is 24.1. The average Bonchev–Trinajstić information content (AvgIpc) is 2.71. The molecule has 4 nitrogen and oxygen atoms in total. The van der Waals surface area contributed by atoms with Crippen molar-refractivity contribution in [2.24, 2.45) is 0 Å². The molecule has 0 heterocycles. The van der Waals surface area contributed by atoms with Crippen LogP contribution in [0.3, 0.4) is 0 Å². The summed E-state index contributed by atoms with van der Waals surface area (Å²) in [6.07, 6.45) is 31.9. The molecule has 2 N–H and O–H groups in total. The van der Waals surface area contributed by atoms with E-state index < -0.39 is 10.4 Å². The predicted molar refractivity (Wildman–Crippen MR) is 140 cm³/mol. The van der Waals surface area contributed by atoms with Crippen LogP contribution in [0, 0.1) is 0 Å². The first kappa shape index (κ1) is 40.1. The Morgan fingerprint density at radius 2 is 0.500 bits per heavy atom. The van der Waals surface area contributed by atoms with Gasteiger partial charge in [-0.05, 0) is 0 Å². The Balaban J connectivity index is -0.000000126. The first-order chi connectivity index (χ1) is 14.8. The zero-order valence-electron chi connectivity index (χ0n) is 23.7. The maximum absolute atomic E-state index is 8.74. The zero-order valence-corrected chi connectivity index (χ0v) is 25.5. The van der Waals surface area contributed by atoms with Crippen molar-refractivity contribution >= 4 is 10.4 Å². The molecule has 0 aromatic rings. The largest absolute Gasteiger partial charge is 1.00 e. The van der Waals surface area contributed by atoms with Gasteiger partial charge < -0.3 is 1.43 Å². The van der Waals surface area contributed by atoms with Crippen molar-refractivity contribution in [2.45, 2.75) is 169 Å². The fraction of sp³-hybridized carbons (Fsp3) is 1.00. The van der Waals surface area contributed by atoms with E-state index in [4.69, 9.17) is 17.5 Å². The second-order valence-corrected chi connectivity index (χ2v) is 9.71. The minimum Gasteiger partial charge on any atom is -1.00 e. The molecular formula is C26H59NaO4S. The molecule has 0 aliphatic rings. The second kappa shape index (κ2) is 36.4. The van der Waals surface area contributed by atoms with Crippen molar-refractivity contribution in [2.75, 3.05) is 0 Å². The summed E-state index contributed by atoms with van der Waals surface area (Å²) in [6, 6.07) is 0. The molecule has 0 saturated heterocycles. The normalized spacial score (nSPS) is 10.4. The molecule has 0 radical (unpaired) electrons. The van der Waals surface area contributed by atoms with E-state index in [1.165, 1.54) is 141 Å². The minimum absolute atomic E-state index is 0. The van der Waals surface area contributed by atoms with Crippen LogP contribution in [0.15, 0.2) is 0 Å². The van der Waals surface area contributed by atoms with Crippen LogP contribution in [0.1, 0.15) is 170 Å². The first-order valence-electron chi connectivity index (χ1n) is 13.5. The quantitative estimate of drug-likeness (QED) is 0.108. The van der Waals surface area contributed by atoms with Crippen molar-refractivity contribution < 1.29 is 48.5 Å². The minimum atomic E-state index is -4.67. The van der Waals surface area contributed by atoms with Crippen LogP contribution < -0.4 is 29.6 Å². The molecule has 0 atom stereocenters. The molecule has 6 heteroatoms. The summed E-state index contributed by atoms with van der Waals surface area (Å²) in [5, 5.41) is 0. The Hall–Kier alpha value is 0.870. The number of hydrogen-bond acceptors (Lipinski definition) is 2. The Morgan fingerprint density at radius 3 is 0.594 bits per heavy atom. The van der Waals surface area contributed by atoms with Gasteiger partial charge in [0.1, 0.15) is 0 Å². The molecular weight excluding hydrogens is 431 g/mol. The maximum atomic E-state index is 8.74. The van der Waals surface area contributed by atoms with Crippen LogP contribution in [0.2, 0.25) is 0 Å². The number of unbranched alkanes of at least 4 members (excludes halogenated alkanes) is 20. The molecule has 0 amide bonds. The van der Waals surface area contributed by atoms with Crippen molar-refractivity contribution in [3.05, 3.63) is 0 Å². The van der Waals surface area contributed by atoms with E-state index in [-0.39, 0.29) is 31.0 Å². The molecule has 0 rings (SSSR count). The fourth-order valence-electron chi connectivity index (χ4n) is 3.47. The molecule has 0 fully saturated rings. The first-order valence-corrected chi connectivity index (χ1v) is 14.9. The summed E-state index contributed by atoms with van der Waals surface area (Å²) in [7, 11) is -4.67. The third-order valence-electron chi connectivity index (χ3n) is 5.41. The van der Waals surface area contributed by atoms with Gasteiger partial charge in [-0.15, -0.1) is 0 Å². The smallest absolute Gasteiger partial charge is 1.00 e. The van der Waals surface area contributed by atoms with E-state index >= 15 is 0 Å². The molecule has 32 heavy (non-hydrogen) atoms. The molecule has 194 valence electrons. The summed E-state index contributed by atoms with van der Waals surface area (Å²) in [4.78, 5) is 0. The van der Waals surface area contributed by atoms with E-state index in [9.17, 15) is 0 Å². The topological polar surface area (TPSA) is 74.6 Å². The van der Waals surface area contributed by atoms with E-state index in [2.05, 4.69) is 27.7 Å². The monoisotopic (exact) mass is 490 g/mol. The van der Waals surface area contributed by atoms with Crippen molar-refractivity contribution in [1.82, 2.24) is 0 Å². The molecule has 0 spiro atoms. The van der Waals surface area contributed by atoms with Crippen LogP contribution in [-0.4, -0.2) is 17.5 Å². The molecule has 0 aromatic heterocycles. The standard InChI is InChI=1S/C14H30.C12H26.Na.H2O4S.H/c1-3-5-7-9-11-13-14-12-10-8-6-4-2;1-3-5-7-9-11-12-10-8-6-4-2;;1-5(2,3)4;/h3-14H2,1-2H3;3-12H2,1-2H3;;(H2,1,2,3,4);/q;;+1;;-1. The fourth-order valence-corrected chi connectivity index (χ4v) is 3.47. The van der Waals surface area contributed by atoms with Gasteiger partial charge in [0.25, 0.3) is 0 Å². The van der Waals surface area contributed by atoms with Crippen LogP contribution in [-0.2, 0) is 10.4 Å². The summed E-state index contributed by atoms with van der Waals surface area (Å²) in [6.45, 7) is 9.13. The summed E-state index contributed by atoms with van der Waals surface area (Å²) in [5.74, 6) is 0. The van der Waals surface area contributed by atoms with E-state index in [1.54, 1.807) is 0 Å². The predicted octanol–water partition coefficient (Wildman–Crippen LogP) is 7.10. The van der Waals surface area contributed by atoms with Crippen LogP contribution in [0.5, 0.6) is 0 Å². The molecule has 0 bridgehead atoms. The second-order valence-electron chi connectivity index (χ2n) is 8.81. The van der Waals surface area contributed by atoms with Gasteiger partial charge in [-0.3, -0.25) is 9.11 Å². The van der Waals surface area contributed by atoms with E-state index in [0.29, 0.717) is 0 Å². The van der Waals surface area contributed by atoms with Gasteiger partial charge >= 0.3 is 40.0 Å². The Bertz CT molecular complexity index is 366. The van der Waals surface area contributed by atoms with Gasteiger partial charge in [-0.2, -0.15) is 8.42 Å². The Kier molecular flexibility index (Phi) is 45.6. The van der Waals surface area contributed by atoms with Gasteiger partial charge in [-0.25, -0.2) is 0 Å². The van der Waals surface area contributed by atoms with Crippen molar-refractivity contribution in [3.8, 4) is 0 Å². The number of rotatable bonds is 20. The van der Waals surface area contributed by atoms with Gasteiger partial charge in [0.05, 0.1) is 0 Å². The van der Waals surface area contributed by atoms with Gasteiger partial charge in [-0.1, -0.05) is 169 Å². The average molecular weight is 491 g/mol. The van der Waals surface area contributed by atoms with Gasteiger partial charge in [0.15, 0.2) is 0 Å². The third kappa shape index (κ3) is 63.2. The summed E-state index contributed by atoms with van der Waals surface area (Å²) in [5.41, 5.74) is 0. The molecule has 0 saturated carbocycles. The van der Waals surface area contributed by atoms with Crippen molar-refractivity contribution in [3.63, 3.8) is 0 Å². The summed E-state index contributed by atoms with van der Waals surface area (Å²) < 4.78 is 31.6. The van der Waals surface area contributed by atoms with Gasteiger partial charge in [0.2, 0.25) is 0 Å². The Morgan fingerprint density at radius 1 is 0.406 bits per heavy atom. The molecule has 0 aliphatic carbocycles. The van der Waals surface area contributed by atoms with E-state index in [0.717, 1.165) is 0 Å². The van der Waals surface area contributed by atoms with Gasteiger partial charge in [0, 0.05) is 0 Å². The summed E-state index contributed by atoms with van der Waals surface area (Å²) >= 11 is 0. The van der Waals surface area contributed by atoms with Crippen LogP contribution in [0.25, 0.3) is 0 Å². The Labute approximate surface area is 226 Å². The van der Waals surface area contributed by atoms with Crippen molar-refractivity contribution in [1.29, 1.82) is 0 Å². The third-order valence-corrected chi connectivity index (χ3v) is 5.41. The molecule has 0 aliphatic heterocycles. The van der Waals surface area contributed by atoms with E-state index in [1.807, 2.05) is 0 Å².